The summed E-state index contributed by atoms with van der Waals surface area (Å²) >= 11 is 3.50. The van der Waals surface area contributed by atoms with Crippen LogP contribution in [0.4, 0.5) is 0 Å². The molecule has 6 heteroatoms. The summed E-state index contributed by atoms with van der Waals surface area (Å²) in [6.45, 7) is 3.50. The standard InChI is InChI=1S/C19H16BrN3O2/c1-11-15-10-14(20)8-9-16(15)21-17(11)18-22-23(12(2)24)19(25-18)13-6-4-3-5-7-13/h3-10,19,21H,1-2H3. The van der Waals surface area contributed by atoms with E-state index in [0.29, 0.717) is 5.90 Å². The highest BCUT2D eigenvalue weighted by Crippen LogP contribution is 2.33. The first-order chi connectivity index (χ1) is 12.0. The number of rotatable bonds is 2. The van der Waals surface area contributed by atoms with E-state index in [1.807, 2.05) is 49.4 Å². The van der Waals surface area contributed by atoms with Crippen LogP contribution in [0.5, 0.6) is 0 Å². The fourth-order valence-electron chi connectivity index (χ4n) is 3.01. The number of fused-ring (bicyclic) bond motifs is 1. The molecule has 4 rings (SSSR count). The van der Waals surface area contributed by atoms with Gasteiger partial charge in [-0.15, -0.1) is 5.10 Å². The Morgan fingerprint density at radius 3 is 2.72 bits per heavy atom. The third-order valence-corrected chi connectivity index (χ3v) is 4.78. The first-order valence-corrected chi connectivity index (χ1v) is 8.72. The average molecular weight is 398 g/mol. The number of nitrogens with one attached hydrogen (secondary N) is 1. The number of hydrogen-bond acceptors (Lipinski definition) is 3. The Balaban J connectivity index is 1.77. The molecule has 1 atom stereocenters. The normalized spacial score (nSPS) is 16.8. The fourth-order valence-corrected chi connectivity index (χ4v) is 3.37. The second kappa shape index (κ2) is 6.04. The van der Waals surface area contributed by atoms with Gasteiger partial charge in [0.2, 0.25) is 12.1 Å². The summed E-state index contributed by atoms with van der Waals surface area (Å²) in [6, 6.07) is 15.6. The highest BCUT2D eigenvalue weighted by Gasteiger charge is 2.34. The topological polar surface area (TPSA) is 57.7 Å². The van der Waals surface area contributed by atoms with Crippen molar-refractivity contribution in [3.05, 3.63) is 69.8 Å². The number of H-pyrrole nitrogens is 1. The third-order valence-electron chi connectivity index (χ3n) is 4.29. The molecule has 2 heterocycles. The summed E-state index contributed by atoms with van der Waals surface area (Å²) in [5.41, 5.74) is 3.71. The number of aromatic nitrogens is 1. The van der Waals surface area contributed by atoms with Crippen LogP contribution in [0.3, 0.4) is 0 Å². The lowest BCUT2D eigenvalue weighted by molar-refractivity contribution is -0.135. The minimum atomic E-state index is -0.550. The summed E-state index contributed by atoms with van der Waals surface area (Å²) in [7, 11) is 0. The van der Waals surface area contributed by atoms with Crippen LogP contribution >= 0.6 is 15.9 Å². The minimum absolute atomic E-state index is 0.166. The molecule has 3 aromatic rings. The zero-order valence-electron chi connectivity index (χ0n) is 13.8. The number of hydrogen-bond donors (Lipinski definition) is 1. The number of hydrazone groups is 1. The fraction of sp³-hybridized carbons (Fsp3) is 0.158. The Morgan fingerprint density at radius 2 is 2.00 bits per heavy atom. The molecule has 0 saturated carbocycles. The Morgan fingerprint density at radius 1 is 1.24 bits per heavy atom. The lowest BCUT2D eigenvalue weighted by atomic mass is 10.1. The van der Waals surface area contributed by atoms with Crippen LogP contribution in [-0.2, 0) is 9.53 Å². The molecule has 1 N–H and O–H groups in total. The highest BCUT2D eigenvalue weighted by atomic mass is 79.9. The van der Waals surface area contributed by atoms with Crippen molar-refractivity contribution < 1.29 is 9.53 Å². The van der Waals surface area contributed by atoms with Gasteiger partial charge in [-0.05, 0) is 30.7 Å². The van der Waals surface area contributed by atoms with E-state index in [0.717, 1.165) is 32.2 Å². The van der Waals surface area contributed by atoms with Crippen molar-refractivity contribution in [1.82, 2.24) is 9.99 Å². The molecule has 1 amide bonds. The summed E-state index contributed by atoms with van der Waals surface area (Å²) in [5, 5.41) is 6.90. The molecule has 0 bridgehead atoms. The van der Waals surface area contributed by atoms with Gasteiger partial charge in [0.1, 0.15) is 5.69 Å². The maximum atomic E-state index is 12.0. The second-order valence-corrected chi connectivity index (χ2v) is 6.88. The molecule has 1 unspecified atom stereocenters. The third kappa shape index (κ3) is 2.72. The van der Waals surface area contributed by atoms with Gasteiger partial charge in [0.25, 0.3) is 5.90 Å². The molecular formula is C19H16BrN3O2. The Labute approximate surface area is 153 Å². The predicted molar refractivity (Wildman–Crippen MR) is 100 cm³/mol. The maximum absolute atomic E-state index is 12.0. The van der Waals surface area contributed by atoms with Crippen LogP contribution in [0.25, 0.3) is 10.9 Å². The molecule has 0 spiro atoms. The SMILES string of the molecule is CC(=O)N1N=C(c2[nH]c3ccc(Br)cc3c2C)OC1c1ccccc1. The van der Waals surface area contributed by atoms with Gasteiger partial charge in [-0.2, -0.15) is 5.01 Å². The summed E-state index contributed by atoms with van der Waals surface area (Å²) in [5.74, 6) is 0.259. The Kier molecular flexibility index (Phi) is 3.84. The first kappa shape index (κ1) is 15.9. The van der Waals surface area contributed by atoms with Gasteiger partial charge in [0.15, 0.2) is 0 Å². The molecule has 126 valence electrons. The van der Waals surface area contributed by atoms with Gasteiger partial charge in [0, 0.05) is 27.9 Å². The van der Waals surface area contributed by atoms with E-state index < -0.39 is 6.23 Å². The van der Waals surface area contributed by atoms with E-state index in [4.69, 9.17) is 4.74 Å². The van der Waals surface area contributed by atoms with Gasteiger partial charge in [-0.3, -0.25) is 4.79 Å². The Bertz CT molecular complexity index is 995. The molecular weight excluding hydrogens is 382 g/mol. The molecule has 25 heavy (non-hydrogen) atoms. The van der Waals surface area contributed by atoms with E-state index in [-0.39, 0.29) is 5.91 Å². The summed E-state index contributed by atoms with van der Waals surface area (Å²) in [4.78, 5) is 15.4. The number of halogens is 1. The number of carbonyl (C=O) groups is 1. The molecule has 5 nitrogen and oxygen atoms in total. The smallest absolute Gasteiger partial charge is 0.258 e. The molecule has 0 fully saturated rings. The number of aromatic amines is 1. The Hall–Kier alpha value is -2.60. The molecule has 0 aliphatic carbocycles. The number of nitrogens with zero attached hydrogens (tertiary/aromatic N) is 2. The van der Waals surface area contributed by atoms with E-state index in [2.05, 4.69) is 32.1 Å². The van der Waals surface area contributed by atoms with Crippen molar-refractivity contribution in [3.8, 4) is 0 Å². The average Bonchev–Trinajstić information content (AvgIpc) is 3.18. The van der Waals surface area contributed by atoms with Crippen LogP contribution in [-0.4, -0.2) is 21.8 Å². The van der Waals surface area contributed by atoms with Gasteiger partial charge in [-0.25, -0.2) is 0 Å². The lowest BCUT2D eigenvalue weighted by Gasteiger charge is -2.19. The number of benzene rings is 2. The molecule has 1 aliphatic heterocycles. The molecule has 1 aromatic heterocycles. The van der Waals surface area contributed by atoms with Gasteiger partial charge in [0.05, 0.1) is 0 Å². The number of amides is 1. The van der Waals surface area contributed by atoms with Gasteiger partial charge in [-0.1, -0.05) is 46.3 Å². The lowest BCUT2D eigenvalue weighted by Crippen LogP contribution is -2.25. The van der Waals surface area contributed by atoms with Crippen molar-refractivity contribution in [2.75, 3.05) is 0 Å². The summed E-state index contributed by atoms with van der Waals surface area (Å²) in [6.07, 6.45) is -0.550. The van der Waals surface area contributed by atoms with Crippen molar-refractivity contribution in [2.24, 2.45) is 5.10 Å². The van der Waals surface area contributed by atoms with Crippen LogP contribution in [0.2, 0.25) is 0 Å². The van der Waals surface area contributed by atoms with Crippen LogP contribution in [0.15, 0.2) is 58.1 Å². The van der Waals surface area contributed by atoms with Crippen LogP contribution in [0.1, 0.15) is 30.0 Å². The van der Waals surface area contributed by atoms with E-state index in [1.165, 1.54) is 11.9 Å². The minimum Gasteiger partial charge on any atom is -0.445 e. The van der Waals surface area contributed by atoms with Crippen LogP contribution in [0, 0.1) is 6.92 Å². The highest BCUT2D eigenvalue weighted by molar-refractivity contribution is 9.10. The van der Waals surface area contributed by atoms with E-state index in [9.17, 15) is 4.79 Å². The molecule has 2 aromatic carbocycles. The van der Waals surface area contributed by atoms with E-state index >= 15 is 0 Å². The number of ether oxygens (including phenoxy) is 1. The number of aryl methyl sites for hydroxylation is 1. The zero-order chi connectivity index (χ0) is 17.6. The van der Waals surface area contributed by atoms with E-state index in [1.54, 1.807) is 0 Å². The quantitative estimate of drug-likeness (QED) is 0.692. The van der Waals surface area contributed by atoms with Gasteiger partial charge >= 0.3 is 0 Å². The van der Waals surface area contributed by atoms with Gasteiger partial charge < -0.3 is 9.72 Å². The monoisotopic (exact) mass is 397 g/mol. The summed E-state index contributed by atoms with van der Waals surface area (Å²) < 4.78 is 7.07. The second-order valence-electron chi connectivity index (χ2n) is 5.96. The van der Waals surface area contributed by atoms with Crippen molar-refractivity contribution in [2.45, 2.75) is 20.1 Å². The molecule has 1 aliphatic rings. The molecule has 0 radical (unpaired) electrons. The van der Waals surface area contributed by atoms with Crippen molar-refractivity contribution in [1.29, 1.82) is 0 Å². The van der Waals surface area contributed by atoms with Crippen molar-refractivity contribution in [3.63, 3.8) is 0 Å². The van der Waals surface area contributed by atoms with Crippen molar-refractivity contribution >= 4 is 38.6 Å². The van der Waals surface area contributed by atoms with Crippen LogP contribution < -0.4 is 0 Å². The number of carbonyl (C=O) groups excluding carboxylic acids is 1. The predicted octanol–water partition coefficient (Wildman–Crippen LogP) is 4.48. The first-order valence-electron chi connectivity index (χ1n) is 7.93. The zero-order valence-corrected chi connectivity index (χ0v) is 15.4. The maximum Gasteiger partial charge on any atom is 0.258 e. The molecule has 0 saturated heterocycles. The largest absolute Gasteiger partial charge is 0.445 e.